The predicted octanol–water partition coefficient (Wildman–Crippen LogP) is 2.41. The Morgan fingerprint density at radius 3 is 2.71 bits per heavy atom. The Balaban J connectivity index is 1.59. The van der Waals surface area contributed by atoms with Crippen molar-refractivity contribution in [1.82, 2.24) is 4.90 Å². The second kappa shape index (κ2) is 5.97. The fourth-order valence-electron chi connectivity index (χ4n) is 3.51. The first-order chi connectivity index (χ1) is 10.0. The van der Waals surface area contributed by atoms with Gasteiger partial charge in [0.25, 0.3) is 5.91 Å². The van der Waals surface area contributed by atoms with Crippen molar-refractivity contribution >= 4 is 21.8 Å². The van der Waals surface area contributed by atoms with Crippen LogP contribution in [0.15, 0.2) is 28.7 Å². The van der Waals surface area contributed by atoms with Gasteiger partial charge in [-0.2, -0.15) is 0 Å². The quantitative estimate of drug-likeness (QED) is 0.908. The molecule has 0 aromatic heterocycles. The predicted molar refractivity (Wildman–Crippen MR) is 85.0 cm³/mol. The molecule has 1 heterocycles. The minimum Gasteiger partial charge on any atom is -0.481 e. The fourth-order valence-corrected chi connectivity index (χ4v) is 3.78. The van der Waals surface area contributed by atoms with E-state index in [0.717, 1.165) is 36.2 Å². The summed E-state index contributed by atoms with van der Waals surface area (Å²) >= 11 is 3.39. The number of amides is 1. The number of nitrogens with zero attached hydrogens (tertiary/aromatic N) is 1. The number of fused-ring (bicyclic) bond motifs is 1. The van der Waals surface area contributed by atoms with E-state index in [-0.39, 0.29) is 11.9 Å². The molecule has 4 unspecified atom stereocenters. The molecule has 0 radical (unpaired) electrons. The Morgan fingerprint density at radius 2 is 2.05 bits per heavy atom. The van der Waals surface area contributed by atoms with E-state index >= 15 is 0 Å². The molecule has 0 spiro atoms. The molecule has 1 aliphatic carbocycles. The average molecular weight is 353 g/mol. The molecule has 3 rings (SSSR count). The molecule has 1 saturated heterocycles. The highest BCUT2D eigenvalue weighted by Crippen LogP contribution is 2.37. The first-order valence-corrected chi connectivity index (χ1v) is 8.30. The summed E-state index contributed by atoms with van der Waals surface area (Å²) in [7, 11) is 0. The number of ether oxygens (including phenoxy) is 1. The standard InChI is InChI=1S/C16H21BrN2O2/c1-10(21-13-5-3-12(17)4-6-13)16(20)19-8-11-2-7-15(18)14(11)9-19/h3-6,10-11,14-15H,2,7-9,18H2,1H3. The maximum absolute atomic E-state index is 12.5. The van der Waals surface area contributed by atoms with Crippen LogP contribution in [0.4, 0.5) is 0 Å². The van der Waals surface area contributed by atoms with Gasteiger partial charge in [-0.3, -0.25) is 4.79 Å². The lowest BCUT2D eigenvalue weighted by Crippen LogP contribution is -2.40. The highest BCUT2D eigenvalue weighted by atomic mass is 79.9. The van der Waals surface area contributed by atoms with Gasteiger partial charge in [0.2, 0.25) is 0 Å². The highest BCUT2D eigenvalue weighted by molar-refractivity contribution is 9.10. The molecule has 1 aromatic carbocycles. The molecule has 2 aliphatic rings. The smallest absolute Gasteiger partial charge is 0.263 e. The molecular weight excluding hydrogens is 332 g/mol. The molecule has 0 bridgehead atoms. The molecular formula is C16H21BrN2O2. The summed E-state index contributed by atoms with van der Waals surface area (Å²) < 4.78 is 6.74. The van der Waals surface area contributed by atoms with Crippen LogP contribution in [0, 0.1) is 11.8 Å². The summed E-state index contributed by atoms with van der Waals surface area (Å²) in [5, 5.41) is 0. The van der Waals surface area contributed by atoms with Gasteiger partial charge in [-0.1, -0.05) is 15.9 Å². The monoisotopic (exact) mass is 352 g/mol. The topological polar surface area (TPSA) is 55.6 Å². The van der Waals surface area contributed by atoms with E-state index in [4.69, 9.17) is 10.5 Å². The van der Waals surface area contributed by atoms with Crippen molar-refractivity contribution in [3.63, 3.8) is 0 Å². The third kappa shape index (κ3) is 3.09. The Bertz CT molecular complexity index is 520. The van der Waals surface area contributed by atoms with Gasteiger partial charge >= 0.3 is 0 Å². The van der Waals surface area contributed by atoms with Crippen LogP contribution in [0.1, 0.15) is 19.8 Å². The van der Waals surface area contributed by atoms with Gasteiger partial charge in [-0.15, -0.1) is 0 Å². The van der Waals surface area contributed by atoms with E-state index in [9.17, 15) is 4.79 Å². The van der Waals surface area contributed by atoms with Gasteiger partial charge in [0.1, 0.15) is 5.75 Å². The number of carbonyl (C=O) groups is 1. The van der Waals surface area contributed by atoms with Crippen LogP contribution in [-0.4, -0.2) is 36.0 Å². The molecule has 1 saturated carbocycles. The molecule has 5 heteroatoms. The third-order valence-corrected chi connectivity index (χ3v) is 5.23. The number of rotatable bonds is 3. The summed E-state index contributed by atoms with van der Waals surface area (Å²) in [6.07, 6.45) is 1.79. The Labute approximate surface area is 133 Å². The van der Waals surface area contributed by atoms with Crippen molar-refractivity contribution in [3.8, 4) is 5.75 Å². The van der Waals surface area contributed by atoms with Crippen LogP contribution in [0.25, 0.3) is 0 Å². The zero-order chi connectivity index (χ0) is 15.0. The number of hydrogen-bond donors (Lipinski definition) is 1. The summed E-state index contributed by atoms with van der Waals surface area (Å²) in [5.41, 5.74) is 6.12. The molecule has 21 heavy (non-hydrogen) atoms. The third-order valence-electron chi connectivity index (χ3n) is 4.70. The molecule has 2 N–H and O–H groups in total. The SMILES string of the molecule is CC(Oc1ccc(Br)cc1)C(=O)N1CC2CCC(N)C2C1. The van der Waals surface area contributed by atoms with Crippen molar-refractivity contribution in [3.05, 3.63) is 28.7 Å². The van der Waals surface area contributed by atoms with Crippen molar-refractivity contribution in [2.75, 3.05) is 13.1 Å². The van der Waals surface area contributed by atoms with Crippen molar-refractivity contribution in [1.29, 1.82) is 0 Å². The van der Waals surface area contributed by atoms with Gasteiger partial charge in [0.15, 0.2) is 6.10 Å². The van der Waals surface area contributed by atoms with E-state index in [1.165, 1.54) is 0 Å². The minimum atomic E-state index is -0.457. The number of nitrogens with two attached hydrogens (primary N) is 1. The van der Waals surface area contributed by atoms with Crippen LogP contribution in [0.2, 0.25) is 0 Å². The maximum atomic E-state index is 12.5. The number of likely N-dealkylation sites (tertiary alicyclic amines) is 1. The van der Waals surface area contributed by atoms with E-state index in [0.29, 0.717) is 11.8 Å². The number of benzene rings is 1. The Kier molecular flexibility index (Phi) is 4.22. The van der Waals surface area contributed by atoms with Crippen LogP contribution in [0.3, 0.4) is 0 Å². The van der Waals surface area contributed by atoms with E-state index in [1.54, 1.807) is 0 Å². The van der Waals surface area contributed by atoms with Gasteiger partial charge in [-0.25, -0.2) is 0 Å². The van der Waals surface area contributed by atoms with E-state index in [1.807, 2.05) is 36.1 Å². The number of hydrogen-bond acceptors (Lipinski definition) is 3. The summed E-state index contributed by atoms with van der Waals surface area (Å²) in [6, 6.07) is 7.80. The second-order valence-corrected chi connectivity index (χ2v) is 7.04. The highest BCUT2D eigenvalue weighted by Gasteiger charge is 2.43. The van der Waals surface area contributed by atoms with Gasteiger partial charge in [0.05, 0.1) is 0 Å². The summed E-state index contributed by atoms with van der Waals surface area (Å²) in [4.78, 5) is 14.4. The van der Waals surface area contributed by atoms with Gasteiger partial charge < -0.3 is 15.4 Å². The van der Waals surface area contributed by atoms with Crippen LogP contribution in [0.5, 0.6) is 5.75 Å². The minimum absolute atomic E-state index is 0.0690. The van der Waals surface area contributed by atoms with Crippen LogP contribution in [-0.2, 0) is 4.79 Å². The van der Waals surface area contributed by atoms with Crippen LogP contribution >= 0.6 is 15.9 Å². The van der Waals surface area contributed by atoms with Crippen molar-refractivity contribution in [2.24, 2.45) is 17.6 Å². The van der Waals surface area contributed by atoms with Crippen LogP contribution < -0.4 is 10.5 Å². The van der Waals surface area contributed by atoms with E-state index < -0.39 is 6.10 Å². The summed E-state index contributed by atoms with van der Waals surface area (Å²) in [5.74, 6) is 1.85. The number of halogens is 1. The molecule has 4 atom stereocenters. The molecule has 114 valence electrons. The molecule has 4 nitrogen and oxygen atoms in total. The normalized spacial score (nSPS) is 29.3. The zero-order valence-corrected chi connectivity index (χ0v) is 13.8. The molecule has 1 amide bonds. The lowest BCUT2D eigenvalue weighted by atomic mass is 9.98. The Morgan fingerprint density at radius 1 is 1.33 bits per heavy atom. The lowest BCUT2D eigenvalue weighted by molar-refractivity contribution is -0.137. The summed E-state index contributed by atoms with van der Waals surface area (Å²) in [6.45, 7) is 3.45. The molecule has 1 aliphatic heterocycles. The Hall–Kier alpha value is -1.07. The van der Waals surface area contributed by atoms with Gasteiger partial charge in [-0.05, 0) is 55.9 Å². The fraction of sp³-hybridized carbons (Fsp3) is 0.562. The molecule has 2 fully saturated rings. The second-order valence-electron chi connectivity index (χ2n) is 6.12. The first kappa shape index (κ1) is 14.9. The molecule has 1 aromatic rings. The van der Waals surface area contributed by atoms with E-state index in [2.05, 4.69) is 15.9 Å². The first-order valence-electron chi connectivity index (χ1n) is 7.51. The van der Waals surface area contributed by atoms with Crippen molar-refractivity contribution < 1.29 is 9.53 Å². The van der Waals surface area contributed by atoms with Crippen molar-refractivity contribution in [2.45, 2.75) is 31.9 Å². The largest absolute Gasteiger partial charge is 0.481 e. The lowest BCUT2D eigenvalue weighted by Gasteiger charge is -2.23. The van der Waals surface area contributed by atoms with Gasteiger partial charge in [0, 0.05) is 23.6 Å². The average Bonchev–Trinajstić information content (AvgIpc) is 3.03. The zero-order valence-electron chi connectivity index (χ0n) is 12.2. The number of carbonyl (C=O) groups excluding carboxylic acids is 1. The maximum Gasteiger partial charge on any atom is 0.263 e.